The Bertz CT molecular complexity index is 760. The fourth-order valence-corrected chi connectivity index (χ4v) is 4.58. The molecule has 1 heterocycles. The van der Waals surface area contributed by atoms with Crippen LogP contribution in [-0.2, 0) is 4.79 Å². The number of hydrogen-bond donors (Lipinski definition) is 1. The number of carbonyl (C=O) groups is 1. The van der Waals surface area contributed by atoms with E-state index in [0.29, 0.717) is 15.6 Å². The van der Waals surface area contributed by atoms with Crippen molar-refractivity contribution in [1.82, 2.24) is 4.90 Å². The summed E-state index contributed by atoms with van der Waals surface area (Å²) in [5.74, 6) is 0.281. The summed E-state index contributed by atoms with van der Waals surface area (Å²) in [6.45, 7) is 7.78. The van der Waals surface area contributed by atoms with Crippen LogP contribution in [0.1, 0.15) is 17.5 Å². The highest BCUT2D eigenvalue weighted by Gasteiger charge is 2.19. The number of nitrogens with zero attached hydrogens (tertiary/aromatic N) is 2. The standard InChI is InChI=1S/C21H27N3OSi/c1-16-5-3-6-20(17(16)2)26-15-21(25)24-12-4-11-23(13-14-24)19-9-7-18(22)8-10-19/h3,5-10H,4,11-15,22H2,1-2H3. The Hall–Kier alpha value is -2.27. The number of benzene rings is 2. The van der Waals surface area contributed by atoms with Crippen molar-refractivity contribution >= 4 is 32.0 Å². The van der Waals surface area contributed by atoms with Crippen LogP contribution < -0.4 is 15.8 Å². The van der Waals surface area contributed by atoms with E-state index >= 15 is 0 Å². The van der Waals surface area contributed by atoms with Gasteiger partial charge >= 0.3 is 0 Å². The third kappa shape index (κ3) is 4.46. The van der Waals surface area contributed by atoms with E-state index in [1.54, 1.807) is 0 Å². The predicted octanol–water partition coefficient (Wildman–Crippen LogP) is 2.37. The summed E-state index contributed by atoms with van der Waals surface area (Å²) < 4.78 is 0. The Morgan fingerprint density at radius 2 is 1.81 bits per heavy atom. The van der Waals surface area contributed by atoms with Gasteiger partial charge in [-0.3, -0.25) is 4.79 Å². The second-order valence-corrected chi connectivity index (χ2v) is 8.16. The highest BCUT2D eigenvalue weighted by molar-refractivity contribution is 6.57. The van der Waals surface area contributed by atoms with Gasteiger partial charge in [0.25, 0.3) is 0 Å². The maximum Gasteiger partial charge on any atom is 0.219 e. The quantitative estimate of drug-likeness (QED) is 0.668. The Labute approximate surface area is 158 Å². The molecule has 2 N–H and O–H groups in total. The fraction of sp³-hybridized carbons (Fsp3) is 0.381. The molecule has 0 atom stereocenters. The molecule has 0 aromatic heterocycles. The van der Waals surface area contributed by atoms with Crippen LogP contribution in [0, 0.1) is 13.8 Å². The summed E-state index contributed by atoms with van der Waals surface area (Å²) in [5.41, 5.74) is 10.4. The van der Waals surface area contributed by atoms with Gasteiger partial charge in [0, 0.05) is 43.6 Å². The van der Waals surface area contributed by atoms with Crippen LogP contribution in [0.4, 0.5) is 11.4 Å². The van der Waals surface area contributed by atoms with Gasteiger partial charge in [-0.15, -0.1) is 0 Å². The zero-order chi connectivity index (χ0) is 18.5. The van der Waals surface area contributed by atoms with Gasteiger partial charge in [0.05, 0.1) is 9.52 Å². The molecule has 1 amide bonds. The van der Waals surface area contributed by atoms with E-state index < -0.39 is 0 Å². The molecule has 1 saturated heterocycles. The van der Waals surface area contributed by atoms with Gasteiger partial charge in [-0.2, -0.15) is 0 Å². The molecule has 26 heavy (non-hydrogen) atoms. The van der Waals surface area contributed by atoms with Crippen molar-refractivity contribution in [2.75, 3.05) is 36.8 Å². The lowest BCUT2D eigenvalue weighted by atomic mass is 10.1. The number of rotatable bonds is 4. The van der Waals surface area contributed by atoms with Crippen LogP contribution in [0.5, 0.6) is 0 Å². The number of carbonyl (C=O) groups excluding carboxylic acids is 1. The summed E-state index contributed by atoms with van der Waals surface area (Å²) in [5, 5.41) is 1.32. The second kappa shape index (κ2) is 8.41. The van der Waals surface area contributed by atoms with E-state index in [0.717, 1.165) is 38.3 Å². The van der Waals surface area contributed by atoms with Crippen molar-refractivity contribution in [1.29, 1.82) is 0 Å². The molecule has 0 bridgehead atoms. The molecule has 0 aliphatic carbocycles. The normalized spacial score (nSPS) is 15.0. The molecular weight excluding hydrogens is 338 g/mol. The molecule has 2 aromatic carbocycles. The Kier molecular flexibility index (Phi) is 5.99. The van der Waals surface area contributed by atoms with E-state index in [9.17, 15) is 4.79 Å². The predicted molar refractivity (Wildman–Crippen MR) is 110 cm³/mol. The third-order valence-electron chi connectivity index (χ3n) is 5.14. The van der Waals surface area contributed by atoms with Crippen molar-refractivity contribution in [2.24, 2.45) is 0 Å². The maximum absolute atomic E-state index is 12.7. The van der Waals surface area contributed by atoms with Crippen LogP contribution in [-0.4, -0.2) is 46.5 Å². The highest BCUT2D eigenvalue weighted by Crippen LogP contribution is 2.18. The van der Waals surface area contributed by atoms with Gasteiger partial charge < -0.3 is 15.5 Å². The van der Waals surface area contributed by atoms with Gasteiger partial charge in [-0.25, -0.2) is 0 Å². The lowest BCUT2D eigenvalue weighted by molar-refractivity contribution is -0.128. The summed E-state index contributed by atoms with van der Waals surface area (Å²) in [4.78, 5) is 17.1. The molecule has 1 aliphatic rings. The van der Waals surface area contributed by atoms with E-state index in [2.05, 4.69) is 49.1 Å². The largest absolute Gasteiger partial charge is 0.399 e. The monoisotopic (exact) mass is 365 g/mol. The number of nitrogen functional groups attached to an aromatic ring is 1. The molecule has 1 aliphatic heterocycles. The summed E-state index contributed by atoms with van der Waals surface area (Å²) in [6.07, 6.45) is 1.00. The minimum atomic E-state index is 0.281. The van der Waals surface area contributed by atoms with E-state index in [-0.39, 0.29) is 5.91 Å². The highest BCUT2D eigenvalue weighted by atomic mass is 28.2. The van der Waals surface area contributed by atoms with Crippen molar-refractivity contribution in [3.05, 3.63) is 53.6 Å². The number of hydrogen-bond acceptors (Lipinski definition) is 3. The van der Waals surface area contributed by atoms with Crippen LogP contribution in [0.25, 0.3) is 0 Å². The lowest BCUT2D eigenvalue weighted by Crippen LogP contribution is -2.36. The first kappa shape index (κ1) is 18.5. The van der Waals surface area contributed by atoms with Crippen LogP contribution >= 0.6 is 0 Å². The lowest BCUT2D eigenvalue weighted by Gasteiger charge is -2.24. The fourth-order valence-electron chi connectivity index (χ4n) is 3.34. The van der Waals surface area contributed by atoms with E-state index in [1.807, 2.05) is 17.0 Å². The van der Waals surface area contributed by atoms with Crippen molar-refractivity contribution in [3.63, 3.8) is 0 Å². The molecule has 0 saturated carbocycles. The van der Waals surface area contributed by atoms with Crippen molar-refractivity contribution < 1.29 is 4.79 Å². The Morgan fingerprint density at radius 3 is 2.58 bits per heavy atom. The zero-order valence-corrected chi connectivity index (χ0v) is 16.7. The summed E-state index contributed by atoms with van der Waals surface area (Å²) in [6, 6.07) is 15.0. The van der Waals surface area contributed by atoms with E-state index in [4.69, 9.17) is 5.73 Å². The number of anilines is 2. The van der Waals surface area contributed by atoms with Crippen LogP contribution in [0.15, 0.2) is 42.5 Å². The Balaban J connectivity index is 1.55. The topological polar surface area (TPSA) is 49.6 Å². The van der Waals surface area contributed by atoms with Crippen LogP contribution in [0.2, 0.25) is 6.04 Å². The summed E-state index contributed by atoms with van der Waals surface area (Å²) in [7, 11) is 0.549. The van der Waals surface area contributed by atoms with Gasteiger partial charge in [0.1, 0.15) is 0 Å². The minimum absolute atomic E-state index is 0.281. The van der Waals surface area contributed by atoms with Gasteiger partial charge in [0.15, 0.2) is 0 Å². The molecular formula is C21H27N3OSi. The smallest absolute Gasteiger partial charge is 0.219 e. The van der Waals surface area contributed by atoms with E-state index in [1.165, 1.54) is 22.0 Å². The summed E-state index contributed by atoms with van der Waals surface area (Å²) >= 11 is 0. The molecule has 2 aromatic rings. The molecule has 0 unspecified atom stereocenters. The SMILES string of the molecule is Cc1cccc([Si]CC(=O)N2CCCN(c3ccc(N)cc3)CC2)c1C. The van der Waals surface area contributed by atoms with Gasteiger partial charge in [0.2, 0.25) is 5.91 Å². The zero-order valence-electron chi connectivity index (χ0n) is 15.7. The maximum atomic E-state index is 12.7. The third-order valence-corrected chi connectivity index (χ3v) is 6.54. The molecule has 5 heteroatoms. The molecule has 1 fully saturated rings. The second-order valence-electron chi connectivity index (χ2n) is 6.91. The number of nitrogens with two attached hydrogens (primary N) is 1. The van der Waals surface area contributed by atoms with Crippen LogP contribution in [0.3, 0.4) is 0 Å². The first-order chi connectivity index (χ1) is 12.5. The first-order valence-corrected chi connectivity index (χ1v) is 10.4. The molecule has 3 rings (SSSR count). The molecule has 2 radical (unpaired) electrons. The first-order valence-electron chi connectivity index (χ1n) is 9.23. The van der Waals surface area contributed by atoms with Crippen molar-refractivity contribution in [3.8, 4) is 0 Å². The van der Waals surface area contributed by atoms with Gasteiger partial charge in [-0.1, -0.05) is 23.4 Å². The number of amides is 1. The molecule has 136 valence electrons. The molecule has 4 nitrogen and oxygen atoms in total. The van der Waals surface area contributed by atoms with Crippen molar-refractivity contribution in [2.45, 2.75) is 26.3 Å². The number of aryl methyl sites for hydroxylation is 1. The minimum Gasteiger partial charge on any atom is -0.399 e. The van der Waals surface area contributed by atoms with Gasteiger partial charge in [-0.05, 0) is 55.7 Å². The Morgan fingerprint density at radius 1 is 1.04 bits per heavy atom. The average Bonchev–Trinajstić information content (AvgIpc) is 2.90. The molecule has 0 spiro atoms. The average molecular weight is 366 g/mol.